The highest BCUT2D eigenvalue weighted by Crippen LogP contribution is 2.30. The van der Waals surface area contributed by atoms with Gasteiger partial charge in [0.05, 0.1) is 16.4 Å². The van der Waals surface area contributed by atoms with Crippen molar-refractivity contribution < 1.29 is 22.8 Å². The molecular formula is C19H20N2O5S2. The van der Waals surface area contributed by atoms with E-state index in [1.165, 1.54) is 11.9 Å². The molecule has 9 heteroatoms. The second-order valence-electron chi connectivity index (χ2n) is 6.62. The minimum Gasteiger partial charge on any atom is -0.340 e. The number of allylic oxidation sites excluding steroid dienone is 2. The molecule has 2 saturated heterocycles. The standard InChI is InChI=1S/C19H20N2O5S2/c1-20(15-10-11-28(25,26)13-15)17(22)12-21-18(23)16(27-19(21)24)9-5-8-14-6-3-2-4-7-14/h2-9,15H,10-13H2,1H3/b8-5+,16-9+. The van der Waals surface area contributed by atoms with Crippen LogP contribution in [-0.2, 0) is 19.4 Å². The van der Waals surface area contributed by atoms with Crippen LogP contribution in [0.2, 0.25) is 0 Å². The molecule has 0 aliphatic carbocycles. The molecule has 0 aromatic heterocycles. The maximum atomic E-state index is 12.5. The molecule has 2 aliphatic rings. The van der Waals surface area contributed by atoms with E-state index in [9.17, 15) is 22.8 Å². The van der Waals surface area contributed by atoms with E-state index in [2.05, 4.69) is 0 Å². The zero-order chi connectivity index (χ0) is 20.3. The first-order valence-corrected chi connectivity index (χ1v) is 11.3. The summed E-state index contributed by atoms with van der Waals surface area (Å²) in [5.74, 6) is -1.01. The van der Waals surface area contributed by atoms with Crippen molar-refractivity contribution in [3.8, 4) is 0 Å². The van der Waals surface area contributed by atoms with Crippen LogP contribution in [0.1, 0.15) is 12.0 Å². The molecule has 3 rings (SSSR count). The first kappa shape index (κ1) is 20.3. The van der Waals surface area contributed by atoms with Gasteiger partial charge < -0.3 is 4.90 Å². The van der Waals surface area contributed by atoms with Gasteiger partial charge in [0.15, 0.2) is 9.84 Å². The maximum Gasteiger partial charge on any atom is 0.294 e. The summed E-state index contributed by atoms with van der Waals surface area (Å²) in [6.07, 6.45) is 5.42. The van der Waals surface area contributed by atoms with Crippen LogP contribution >= 0.6 is 11.8 Å². The van der Waals surface area contributed by atoms with Crippen molar-refractivity contribution in [1.29, 1.82) is 0 Å². The van der Waals surface area contributed by atoms with Crippen molar-refractivity contribution in [2.24, 2.45) is 0 Å². The molecule has 1 unspecified atom stereocenters. The summed E-state index contributed by atoms with van der Waals surface area (Å²) in [5.41, 5.74) is 0.960. The highest BCUT2D eigenvalue weighted by Gasteiger charge is 2.38. The van der Waals surface area contributed by atoms with E-state index < -0.39 is 39.5 Å². The quantitative estimate of drug-likeness (QED) is 0.676. The highest BCUT2D eigenvalue weighted by molar-refractivity contribution is 8.18. The summed E-state index contributed by atoms with van der Waals surface area (Å²) in [4.78, 5) is 39.5. The lowest BCUT2D eigenvalue weighted by molar-refractivity contribution is -0.136. The lowest BCUT2D eigenvalue weighted by Crippen LogP contribution is -2.45. The van der Waals surface area contributed by atoms with Crippen molar-refractivity contribution in [3.05, 3.63) is 53.0 Å². The molecule has 7 nitrogen and oxygen atoms in total. The van der Waals surface area contributed by atoms with Crippen molar-refractivity contribution in [2.45, 2.75) is 12.5 Å². The van der Waals surface area contributed by atoms with Crippen molar-refractivity contribution in [3.63, 3.8) is 0 Å². The number of carbonyl (C=O) groups is 3. The number of carbonyl (C=O) groups excluding carboxylic acids is 3. The van der Waals surface area contributed by atoms with Crippen LogP contribution in [0, 0.1) is 0 Å². The number of likely N-dealkylation sites (N-methyl/N-ethyl adjacent to an activating group) is 1. The Balaban J connectivity index is 1.62. The fraction of sp³-hybridized carbons (Fsp3) is 0.316. The van der Waals surface area contributed by atoms with Crippen LogP contribution in [0.25, 0.3) is 6.08 Å². The van der Waals surface area contributed by atoms with Crippen molar-refractivity contribution in [1.82, 2.24) is 9.80 Å². The van der Waals surface area contributed by atoms with Gasteiger partial charge in [0.2, 0.25) is 5.91 Å². The number of rotatable bonds is 5. The predicted molar refractivity (Wildman–Crippen MR) is 108 cm³/mol. The molecule has 0 spiro atoms. The average Bonchev–Trinajstić information content (AvgIpc) is 3.15. The molecule has 148 valence electrons. The number of imide groups is 1. The van der Waals surface area contributed by atoms with Crippen molar-refractivity contribution in [2.75, 3.05) is 25.1 Å². The van der Waals surface area contributed by atoms with Crippen LogP contribution in [0.5, 0.6) is 0 Å². The fourth-order valence-corrected chi connectivity index (χ4v) is 5.56. The van der Waals surface area contributed by atoms with Crippen LogP contribution in [0.3, 0.4) is 0 Å². The van der Waals surface area contributed by atoms with Crippen molar-refractivity contribution >= 4 is 44.7 Å². The number of hydrogen-bond donors (Lipinski definition) is 0. The van der Waals surface area contributed by atoms with E-state index in [0.29, 0.717) is 6.42 Å². The molecule has 0 radical (unpaired) electrons. The Morgan fingerprint density at radius 1 is 1.29 bits per heavy atom. The molecule has 0 saturated carbocycles. The zero-order valence-corrected chi connectivity index (χ0v) is 16.9. The van der Waals surface area contributed by atoms with Gasteiger partial charge in [0.25, 0.3) is 11.1 Å². The Hall–Kier alpha value is -2.39. The Morgan fingerprint density at radius 3 is 2.64 bits per heavy atom. The predicted octanol–water partition coefficient (Wildman–Crippen LogP) is 1.92. The molecule has 3 amide bonds. The largest absolute Gasteiger partial charge is 0.340 e. The zero-order valence-electron chi connectivity index (χ0n) is 15.3. The lowest BCUT2D eigenvalue weighted by atomic mass is 10.2. The molecule has 2 aliphatic heterocycles. The third-order valence-corrected chi connectivity index (χ3v) is 7.33. The normalized spacial score (nSPS) is 23.1. The van der Waals surface area contributed by atoms with Gasteiger partial charge in [0, 0.05) is 13.1 Å². The van der Waals surface area contributed by atoms with Gasteiger partial charge >= 0.3 is 0 Å². The van der Waals surface area contributed by atoms with Gasteiger partial charge in [-0.15, -0.1) is 0 Å². The SMILES string of the molecule is CN(C(=O)CN1C(=O)S/C(=C/C=C/c2ccccc2)C1=O)C1CCS(=O)(=O)C1. The van der Waals surface area contributed by atoms with Gasteiger partial charge in [-0.3, -0.25) is 19.3 Å². The van der Waals surface area contributed by atoms with Gasteiger partial charge in [-0.1, -0.05) is 42.5 Å². The van der Waals surface area contributed by atoms with Gasteiger partial charge in [-0.25, -0.2) is 8.42 Å². The monoisotopic (exact) mass is 420 g/mol. The minimum atomic E-state index is -3.13. The van der Waals surface area contributed by atoms with E-state index in [4.69, 9.17) is 0 Å². The van der Waals surface area contributed by atoms with E-state index in [1.54, 1.807) is 12.2 Å². The molecule has 1 atom stereocenters. The lowest BCUT2D eigenvalue weighted by Gasteiger charge is -2.25. The van der Waals surface area contributed by atoms with E-state index in [-0.39, 0.29) is 16.4 Å². The van der Waals surface area contributed by atoms with E-state index in [0.717, 1.165) is 22.2 Å². The minimum absolute atomic E-state index is 0.0490. The molecule has 0 N–H and O–H groups in total. The van der Waals surface area contributed by atoms with Crippen LogP contribution < -0.4 is 0 Å². The maximum absolute atomic E-state index is 12.5. The molecule has 2 fully saturated rings. The van der Waals surface area contributed by atoms with Crippen LogP contribution in [0.4, 0.5) is 4.79 Å². The molecule has 0 bridgehead atoms. The third kappa shape index (κ3) is 4.71. The van der Waals surface area contributed by atoms with Crippen LogP contribution in [-0.4, -0.2) is 66.4 Å². The molecule has 1 aromatic carbocycles. The molecule has 28 heavy (non-hydrogen) atoms. The number of amides is 3. The molecule has 2 heterocycles. The van der Waals surface area contributed by atoms with Crippen LogP contribution in [0.15, 0.2) is 47.4 Å². The number of hydrogen-bond acceptors (Lipinski definition) is 6. The highest BCUT2D eigenvalue weighted by atomic mass is 32.2. The Kier molecular flexibility index (Phi) is 6.04. The second-order valence-corrected chi connectivity index (χ2v) is 9.84. The summed E-state index contributed by atoms with van der Waals surface area (Å²) in [6, 6.07) is 9.09. The molecule has 1 aromatic rings. The fourth-order valence-electron chi connectivity index (χ4n) is 2.99. The molecular weight excluding hydrogens is 400 g/mol. The van der Waals surface area contributed by atoms with E-state index >= 15 is 0 Å². The van der Waals surface area contributed by atoms with Gasteiger partial charge in [-0.2, -0.15) is 0 Å². The third-order valence-electron chi connectivity index (χ3n) is 4.65. The summed E-state index contributed by atoms with van der Waals surface area (Å²) < 4.78 is 23.2. The summed E-state index contributed by atoms with van der Waals surface area (Å²) >= 11 is 0.783. The second kappa shape index (κ2) is 8.32. The summed E-state index contributed by atoms with van der Waals surface area (Å²) in [6.45, 7) is -0.391. The average molecular weight is 421 g/mol. The Labute approximate surface area is 168 Å². The van der Waals surface area contributed by atoms with Gasteiger partial charge in [-0.05, 0) is 29.8 Å². The summed E-state index contributed by atoms with van der Waals surface area (Å²) in [5, 5.41) is -0.509. The first-order chi connectivity index (χ1) is 13.3. The first-order valence-electron chi connectivity index (χ1n) is 8.70. The Bertz CT molecular complexity index is 954. The smallest absolute Gasteiger partial charge is 0.294 e. The Morgan fingerprint density at radius 2 is 2.00 bits per heavy atom. The van der Waals surface area contributed by atoms with Gasteiger partial charge in [0.1, 0.15) is 6.54 Å². The number of sulfone groups is 1. The topological polar surface area (TPSA) is 91.8 Å². The number of thioether (sulfide) groups is 1. The number of nitrogens with zero attached hydrogens (tertiary/aromatic N) is 2. The van der Waals surface area contributed by atoms with E-state index in [1.807, 2.05) is 36.4 Å². The summed E-state index contributed by atoms with van der Waals surface area (Å²) in [7, 11) is -1.62. The number of benzene rings is 1.